The minimum absolute atomic E-state index is 0.109. The Bertz CT molecular complexity index is 578. The summed E-state index contributed by atoms with van der Waals surface area (Å²) in [5.74, 6) is 0.0186. The number of rotatable bonds is 6. The number of aliphatic hydroxyl groups excluding tert-OH is 1. The number of hydrogen-bond donors (Lipinski definition) is 3. The Balaban J connectivity index is 1.99. The van der Waals surface area contributed by atoms with Crippen molar-refractivity contribution in [2.75, 3.05) is 6.61 Å². The van der Waals surface area contributed by atoms with Crippen LogP contribution in [0.1, 0.15) is 41.5 Å². The van der Waals surface area contributed by atoms with Crippen molar-refractivity contribution in [2.45, 2.75) is 32.2 Å². The predicted molar refractivity (Wildman–Crippen MR) is 81.2 cm³/mol. The molecule has 0 aliphatic heterocycles. The maximum absolute atomic E-state index is 12.1. The third-order valence-electron chi connectivity index (χ3n) is 3.33. The molecule has 0 aliphatic carbocycles. The first-order chi connectivity index (χ1) is 10.1. The molecule has 0 saturated heterocycles. The Labute approximate surface area is 124 Å². The van der Waals surface area contributed by atoms with E-state index in [1.807, 2.05) is 44.2 Å². The lowest BCUT2D eigenvalue weighted by Crippen LogP contribution is -2.39. The summed E-state index contributed by atoms with van der Waals surface area (Å²) in [5.41, 5.74) is 2.34. The molecule has 2 aromatic rings. The highest BCUT2D eigenvalue weighted by molar-refractivity contribution is 5.92. The van der Waals surface area contributed by atoms with Gasteiger partial charge in [-0.1, -0.05) is 44.2 Å². The smallest absolute Gasteiger partial charge is 0.272 e. The molecule has 0 saturated carbocycles. The maximum atomic E-state index is 12.1. The Hall–Kier alpha value is -2.14. The standard InChI is InChI=1S/C16H21N3O2/c1-11(2)14-9-15(19-18-14)16(21)17-13(10-20)8-12-6-4-3-5-7-12/h3-7,9,11,13,20H,8,10H2,1-2H3,(H,17,21)(H,18,19). The lowest BCUT2D eigenvalue weighted by molar-refractivity contribution is 0.0911. The highest BCUT2D eigenvalue weighted by atomic mass is 16.3. The van der Waals surface area contributed by atoms with E-state index in [4.69, 9.17) is 0 Å². The van der Waals surface area contributed by atoms with Gasteiger partial charge in [0.05, 0.1) is 12.6 Å². The number of aromatic amines is 1. The van der Waals surface area contributed by atoms with Crippen LogP contribution in [0.3, 0.4) is 0 Å². The van der Waals surface area contributed by atoms with Crippen molar-refractivity contribution in [2.24, 2.45) is 0 Å². The molecule has 5 heteroatoms. The van der Waals surface area contributed by atoms with Crippen LogP contribution in [-0.2, 0) is 6.42 Å². The summed E-state index contributed by atoms with van der Waals surface area (Å²) in [4.78, 5) is 12.1. The molecule has 1 aromatic carbocycles. The second kappa shape index (κ2) is 7.04. The molecule has 0 spiro atoms. The molecule has 21 heavy (non-hydrogen) atoms. The first-order valence-electron chi connectivity index (χ1n) is 7.11. The topological polar surface area (TPSA) is 78.0 Å². The van der Waals surface area contributed by atoms with Gasteiger partial charge in [0.25, 0.3) is 5.91 Å². The molecule has 0 fully saturated rings. The van der Waals surface area contributed by atoms with Crippen LogP contribution in [0, 0.1) is 0 Å². The number of aliphatic hydroxyl groups is 1. The quantitative estimate of drug-likeness (QED) is 0.759. The molecule has 1 heterocycles. The molecule has 1 amide bonds. The van der Waals surface area contributed by atoms with Gasteiger partial charge in [0, 0.05) is 5.69 Å². The molecule has 5 nitrogen and oxygen atoms in total. The van der Waals surface area contributed by atoms with E-state index >= 15 is 0 Å². The minimum atomic E-state index is -0.320. The van der Waals surface area contributed by atoms with Gasteiger partial charge >= 0.3 is 0 Å². The molecule has 2 rings (SSSR count). The van der Waals surface area contributed by atoms with Crippen molar-refractivity contribution in [3.8, 4) is 0 Å². The van der Waals surface area contributed by atoms with Gasteiger partial charge in [0.15, 0.2) is 0 Å². The second-order valence-electron chi connectivity index (χ2n) is 5.41. The second-order valence-corrected chi connectivity index (χ2v) is 5.41. The Morgan fingerprint density at radius 3 is 2.62 bits per heavy atom. The van der Waals surface area contributed by atoms with Crippen molar-refractivity contribution in [1.82, 2.24) is 15.5 Å². The summed E-state index contributed by atoms with van der Waals surface area (Å²) in [6, 6.07) is 11.2. The third kappa shape index (κ3) is 4.16. The predicted octanol–water partition coefficient (Wildman–Crippen LogP) is 1.87. The summed E-state index contributed by atoms with van der Waals surface area (Å²) < 4.78 is 0. The van der Waals surface area contributed by atoms with E-state index in [9.17, 15) is 9.90 Å². The first-order valence-corrected chi connectivity index (χ1v) is 7.11. The van der Waals surface area contributed by atoms with Crippen LogP contribution in [0.4, 0.5) is 0 Å². The third-order valence-corrected chi connectivity index (χ3v) is 3.33. The zero-order valence-corrected chi connectivity index (χ0v) is 12.3. The van der Waals surface area contributed by atoms with E-state index < -0.39 is 0 Å². The summed E-state index contributed by atoms with van der Waals surface area (Å²) in [7, 11) is 0. The zero-order valence-electron chi connectivity index (χ0n) is 12.3. The van der Waals surface area contributed by atoms with E-state index in [0.29, 0.717) is 12.1 Å². The molecule has 3 N–H and O–H groups in total. The average Bonchev–Trinajstić information content (AvgIpc) is 2.97. The zero-order chi connectivity index (χ0) is 15.2. The van der Waals surface area contributed by atoms with E-state index in [0.717, 1.165) is 11.3 Å². The van der Waals surface area contributed by atoms with Crippen LogP contribution < -0.4 is 5.32 Å². The van der Waals surface area contributed by atoms with E-state index in [1.165, 1.54) is 0 Å². The van der Waals surface area contributed by atoms with Crippen LogP contribution in [0.2, 0.25) is 0 Å². The monoisotopic (exact) mass is 287 g/mol. The van der Waals surface area contributed by atoms with Crippen molar-refractivity contribution in [3.05, 3.63) is 53.3 Å². The number of nitrogens with zero attached hydrogens (tertiary/aromatic N) is 1. The van der Waals surface area contributed by atoms with Gasteiger partial charge < -0.3 is 10.4 Å². The Morgan fingerprint density at radius 2 is 2.05 bits per heavy atom. The fraction of sp³-hybridized carbons (Fsp3) is 0.375. The molecular weight excluding hydrogens is 266 g/mol. The van der Waals surface area contributed by atoms with Crippen molar-refractivity contribution >= 4 is 5.91 Å². The molecule has 1 atom stereocenters. The van der Waals surface area contributed by atoms with Crippen molar-refractivity contribution in [1.29, 1.82) is 0 Å². The summed E-state index contributed by atoms with van der Waals surface area (Å²) in [5, 5.41) is 19.1. The van der Waals surface area contributed by atoms with Gasteiger partial charge in [-0.3, -0.25) is 9.89 Å². The van der Waals surface area contributed by atoms with Gasteiger partial charge in [-0.25, -0.2) is 0 Å². The van der Waals surface area contributed by atoms with Crippen LogP contribution >= 0.6 is 0 Å². The van der Waals surface area contributed by atoms with Crippen molar-refractivity contribution in [3.63, 3.8) is 0 Å². The van der Waals surface area contributed by atoms with E-state index in [-0.39, 0.29) is 24.5 Å². The summed E-state index contributed by atoms with van der Waals surface area (Å²) in [6.07, 6.45) is 0.588. The number of benzene rings is 1. The number of amides is 1. The Kier molecular flexibility index (Phi) is 5.11. The normalized spacial score (nSPS) is 12.4. The molecule has 112 valence electrons. The lowest BCUT2D eigenvalue weighted by Gasteiger charge is -2.15. The van der Waals surface area contributed by atoms with Crippen LogP contribution in [-0.4, -0.2) is 33.9 Å². The molecular formula is C16H21N3O2. The number of H-pyrrole nitrogens is 1. The fourth-order valence-corrected chi connectivity index (χ4v) is 2.07. The fourth-order valence-electron chi connectivity index (χ4n) is 2.07. The van der Waals surface area contributed by atoms with Crippen LogP contribution in [0.25, 0.3) is 0 Å². The van der Waals surface area contributed by atoms with Gasteiger partial charge in [-0.05, 0) is 24.0 Å². The Morgan fingerprint density at radius 1 is 1.33 bits per heavy atom. The highest BCUT2D eigenvalue weighted by Crippen LogP contribution is 2.12. The molecule has 1 aromatic heterocycles. The molecule has 0 aliphatic rings. The maximum Gasteiger partial charge on any atom is 0.272 e. The van der Waals surface area contributed by atoms with E-state index in [1.54, 1.807) is 6.07 Å². The van der Waals surface area contributed by atoms with Gasteiger partial charge in [0.2, 0.25) is 0 Å². The molecule has 0 radical (unpaired) electrons. The SMILES string of the molecule is CC(C)c1cc(C(=O)NC(CO)Cc2ccccc2)n[nH]1. The minimum Gasteiger partial charge on any atom is -0.394 e. The largest absolute Gasteiger partial charge is 0.394 e. The van der Waals surface area contributed by atoms with Gasteiger partial charge in [0.1, 0.15) is 5.69 Å². The number of aromatic nitrogens is 2. The molecule has 1 unspecified atom stereocenters. The first kappa shape index (κ1) is 15.3. The summed E-state index contributed by atoms with van der Waals surface area (Å²) >= 11 is 0. The van der Waals surface area contributed by atoms with Crippen molar-refractivity contribution < 1.29 is 9.90 Å². The number of carbonyl (C=O) groups excluding carboxylic acids is 1. The average molecular weight is 287 g/mol. The van der Waals surface area contributed by atoms with Gasteiger partial charge in [-0.2, -0.15) is 5.10 Å². The molecule has 0 bridgehead atoms. The highest BCUT2D eigenvalue weighted by Gasteiger charge is 2.16. The number of nitrogens with one attached hydrogen (secondary N) is 2. The number of hydrogen-bond acceptors (Lipinski definition) is 3. The van der Waals surface area contributed by atoms with Gasteiger partial charge in [-0.15, -0.1) is 0 Å². The van der Waals surface area contributed by atoms with Crippen LogP contribution in [0.15, 0.2) is 36.4 Å². The summed E-state index contributed by atoms with van der Waals surface area (Å²) in [6.45, 7) is 3.95. The number of carbonyl (C=O) groups is 1. The van der Waals surface area contributed by atoms with E-state index in [2.05, 4.69) is 15.5 Å². The lowest BCUT2D eigenvalue weighted by atomic mass is 10.1. The van der Waals surface area contributed by atoms with Crippen LogP contribution in [0.5, 0.6) is 0 Å².